The number of nitrogens with two attached hydrogens (primary N) is 1. The summed E-state index contributed by atoms with van der Waals surface area (Å²) in [7, 11) is 1.26. The number of piperidine rings is 1. The molecule has 1 saturated heterocycles. The Morgan fingerprint density at radius 3 is 2.47 bits per heavy atom. The molecule has 2 N–H and O–H groups in total. The van der Waals surface area contributed by atoms with Crippen molar-refractivity contribution >= 4 is 17.8 Å². The molecular weight excluding hydrogens is 224 g/mol. The van der Waals surface area contributed by atoms with Crippen LogP contribution in [-0.2, 0) is 19.1 Å². The number of nitrogens with zero attached hydrogens (tertiary/aromatic N) is 1. The van der Waals surface area contributed by atoms with Crippen LogP contribution in [0.3, 0.4) is 0 Å². The van der Waals surface area contributed by atoms with Crippen molar-refractivity contribution in [1.82, 2.24) is 4.90 Å². The van der Waals surface area contributed by atoms with Gasteiger partial charge in [-0.15, -0.1) is 0 Å². The van der Waals surface area contributed by atoms with Crippen LogP contribution in [0, 0.1) is 11.8 Å². The predicted octanol–water partition coefficient (Wildman–Crippen LogP) is -0.728. The number of imide groups is 1. The molecule has 17 heavy (non-hydrogen) atoms. The molecule has 2 rings (SSSR count). The van der Waals surface area contributed by atoms with Crippen LogP contribution in [0.1, 0.15) is 19.8 Å². The van der Waals surface area contributed by atoms with Gasteiger partial charge in [0, 0.05) is 6.54 Å². The lowest BCUT2D eigenvalue weighted by molar-refractivity contribution is -0.148. The van der Waals surface area contributed by atoms with Gasteiger partial charge >= 0.3 is 5.97 Å². The van der Waals surface area contributed by atoms with E-state index < -0.39 is 11.5 Å². The molecule has 1 aliphatic carbocycles. The third-order valence-corrected chi connectivity index (χ3v) is 3.46. The largest absolute Gasteiger partial charge is 0.468 e. The zero-order valence-electron chi connectivity index (χ0n) is 9.93. The Balaban J connectivity index is 1.93. The Morgan fingerprint density at radius 2 is 2.00 bits per heavy atom. The van der Waals surface area contributed by atoms with Gasteiger partial charge in [-0.05, 0) is 19.8 Å². The maximum Gasteiger partial charge on any atom is 0.325 e. The first-order valence-corrected chi connectivity index (χ1v) is 5.61. The molecular formula is C11H16N2O4. The van der Waals surface area contributed by atoms with Gasteiger partial charge in [-0.2, -0.15) is 0 Å². The van der Waals surface area contributed by atoms with E-state index in [0.717, 1.165) is 0 Å². The summed E-state index contributed by atoms with van der Waals surface area (Å²) in [6.45, 7) is 1.72. The van der Waals surface area contributed by atoms with Crippen LogP contribution >= 0.6 is 0 Å². The zero-order valence-corrected chi connectivity index (χ0v) is 9.93. The highest BCUT2D eigenvalue weighted by Gasteiger charge is 2.58. The second kappa shape index (κ2) is 3.80. The van der Waals surface area contributed by atoms with E-state index in [1.165, 1.54) is 18.9 Å². The first-order valence-electron chi connectivity index (χ1n) is 5.61. The number of hydrogen-bond donors (Lipinski definition) is 1. The van der Waals surface area contributed by atoms with E-state index in [0.29, 0.717) is 6.42 Å². The molecule has 0 aromatic heterocycles. The summed E-state index contributed by atoms with van der Waals surface area (Å²) in [5, 5.41) is 0. The van der Waals surface area contributed by atoms with Crippen molar-refractivity contribution in [2.75, 3.05) is 13.7 Å². The summed E-state index contributed by atoms with van der Waals surface area (Å²) in [6, 6.07) is 0. The van der Waals surface area contributed by atoms with Crippen molar-refractivity contribution in [1.29, 1.82) is 0 Å². The lowest BCUT2D eigenvalue weighted by Crippen LogP contribution is -2.49. The van der Waals surface area contributed by atoms with Crippen LogP contribution in [0.15, 0.2) is 0 Å². The number of carbonyl (C=O) groups is 3. The van der Waals surface area contributed by atoms with Gasteiger partial charge in [0.25, 0.3) is 0 Å². The summed E-state index contributed by atoms with van der Waals surface area (Å²) in [5.74, 6) is -1.00. The van der Waals surface area contributed by atoms with E-state index in [1.54, 1.807) is 0 Å². The minimum Gasteiger partial charge on any atom is -0.468 e. The molecule has 3 unspecified atom stereocenters. The summed E-state index contributed by atoms with van der Waals surface area (Å²) in [6.07, 6.45) is 0.904. The van der Waals surface area contributed by atoms with Crippen LogP contribution in [0.2, 0.25) is 0 Å². The molecule has 0 aromatic carbocycles. The third kappa shape index (κ3) is 1.93. The molecule has 0 spiro atoms. The van der Waals surface area contributed by atoms with Crippen molar-refractivity contribution < 1.29 is 19.1 Å². The maximum absolute atomic E-state index is 11.7. The van der Waals surface area contributed by atoms with Crippen LogP contribution in [0.25, 0.3) is 0 Å². The molecule has 1 saturated carbocycles. The van der Waals surface area contributed by atoms with E-state index in [-0.39, 0.29) is 36.6 Å². The van der Waals surface area contributed by atoms with Crippen molar-refractivity contribution in [3.05, 3.63) is 0 Å². The smallest absolute Gasteiger partial charge is 0.325 e. The van der Waals surface area contributed by atoms with Gasteiger partial charge < -0.3 is 10.5 Å². The Hall–Kier alpha value is -1.43. The van der Waals surface area contributed by atoms with Crippen LogP contribution in [0.5, 0.6) is 0 Å². The quantitative estimate of drug-likeness (QED) is 0.517. The molecule has 1 aliphatic heterocycles. The van der Waals surface area contributed by atoms with Gasteiger partial charge in [-0.3, -0.25) is 19.3 Å². The van der Waals surface area contributed by atoms with Gasteiger partial charge in [0.05, 0.1) is 18.9 Å². The summed E-state index contributed by atoms with van der Waals surface area (Å²) in [5.41, 5.74) is 4.60. The molecule has 1 heterocycles. The Bertz CT molecular complexity index is 371. The van der Waals surface area contributed by atoms with E-state index in [2.05, 4.69) is 4.74 Å². The molecule has 2 aliphatic rings. The van der Waals surface area contributed by atoms with Crippen LogP contribution < -0.4 is 5.73 Å². The Morgan fingerprint density at radius 1 is 1.47 bits per heavy atom. The van der Waals surface area contributed by atoms with Crippen molar-refractivity contribution in [2.45, 2.75) is 25.3 Å². The predicted molar refractivity (Wildman–Crippen MR) is 57.5 cm³/mol. The standard InChI is InChI=1S/C11H16N2O4/c1-11(12,10(16)17-2)3-4-13-8(14)6-5-7(6)9(13)15/h6-7H,3-5,12H2,1-2H3. The van der Waals surface area contributed by atoms with Gasteiger partial charge in [0.1, 0.15) is 5.54 Å². The number of hydrogen-bond acceptors (Lipinski definition) is 5. The molecule has 0 bridgehead atoms. The van der Waals surface area contributed by atoms with E-state index >= 15 is 0 Å². The third-order valence-electron chi connectivity index (χ3n) is 3.46. The lowest BCUT2D eigenvalue weighted by atomic mass is 9.99. The first kappa shape index (κ1) is 12.0. The highest BCUT2D eigenvalue weighted by molar-refractivity contribution is 6.08. The fourth-order valence-corrected chi connectivity index (χ4v) is 2.15. The molecule has 3 atom stereocenters. The second-order valence-corrected chi connectivity index (χ2v) is 4.94. The first-order chi connectivity index (χ1) is 7.88. The number of ether oxygens (including phenoxy) is 1. The molecule has 6 heteroatoms. The van der Waals surface area contributed by atoms with E-state index in [1.807, 2.05) is 0 Å². The fraction of sp³-hybridized carbons (Fsp3) is 0.727. The van der Waals surface area contributed by atoms with Gasteiger partial charge in [0.15, 0.2) is 0 Å². The highest BCUT2D eigenvalue weighted by atomic mass is 16.5. The lowest BCUT2D eigenvalue weighted by Gasteiger charge is -2.24. The average Bonchev–Trinajstić information content (AvgIpc) is 3.02. The van der Waals surface area contributed by atoms with Crippen molar-refractivity contribution in [2.24, 2.45) is 17.6 Å². The average molecular weight is 240 g/mol. The van der Waals surface area contributed by atoms with Crippen molar-refractivity contribution in [3.8, 4) is 0 Å². The van der Waals surface area contributed by atoms with Gasteiger partial charge in [-0.25, -0.2) is 0 Å². The maximum atomic E-state index is 11.7. The van der Waals surface area contributed by atoms with E-state index in [4.69, 9.17) is 5.73 Å². The molecule has 2 fully saturated rings. The highest BCUT2D eigenvalue weighted by Crippen LogP contribution is 2.47. The molecule has 6 nitrogen and oxygen atoms in total. The van der Waals surface area contributed by atoms with Crippen molar-refractivity contribution in [3.63, 3.8) is 0 Å². The zero-order chi connectivity index (χ0) is 12.8. The summed E-state index contributed by atoms with van der Waals surface area (Å²) in [4.78, 5) is 35.9. The molecule has 2 amide bonds. The topological polar surface area (TPSA) is 89.7 Å². The van der Waals surface area contributed by atoms with Gasteiger partial charge in [0.2, 0.25) is 11.8 Å². The number of amides is 2. The summed E-state index contributed by atoms with van der Waals surface area (Å²) >= 11 is 0. The molecule has 94 valence electrons. The summed E-state index contributed by atoms with van der Waals surface area (Å²) < 4.78 is 4.56. The minimum absolute atomic E-state index is 0.107. The number of carbonyl (C=O) groups excluding carboxylic acids is 3. The number of methoxy groups -OCH3 is 1. The number of fused-ring (bicyclic) bond motifs is 1. The van der Waals surface area contributed by atoms with E-state index in [9.17, 15) is 14.4 Å². The Labute approximate surface area is 99.1 Å². The van der Waals surface area contributed by atoms with Gasteiger partial charge in [-0.1, -0.05) is 0 Å². The number of rotatable bonds is 4. The SMILES string of the molecule is COC(=O)C(C)(N)CCN1C(=O)C2CC2C1=O. The minimum atomic E-state index is -1.16. The fourth-order valence-electron chi connectivity index (χ4n) is 2.15. The number of likely N-dealkylation sites (tertiary alicyclic amines) is 1. The van der Waals surface area contributed by atoms with Crippen LogP contribution in [-0.4, -0.2) is 41.9 Å². The second-order valence-electron chi connectivity index (χ2n) is 4.94. The number of esters is 1. The molecule has 0 radical (unpaired) electrons. The normalized spacial score (nSPS) is 29.9. The van der Waals surface area contributed by atoms with Crippen LogP contribution in [0.4, 0.5) is 0 Å². The molecule has 0 aromatic rings. The Kier molecular flexibility index (Phi) is 2.69. The monoisotopic (exact) mass is 240 g/mol.